The van der Waals surface area contributed by atoms with Gasteiger partial charge in [-0.15, -0.1) is 0 Å². The number of carboxylic acids is 1. The number of carboxylic acid groups (broad SMARTS) is 1. The van der Waals surface area contributed by atoms with E-state index in [4.69, 9.17) is 4.74 Å². The van der Waals surface area contributed by atoms with Gasteiger partial charge in [0.05, 0.1) is 11.9 Å². The number of carbonyl (C=O) groups is 1. The lowest BCUT2D eigenvalue weighted by molar-refractivity contribution is 0.0681. The first-order chi connectivity index (χ1) is 11.1. The molecule has 0 fully saturated rings. The van der Waals surface area contributed by atoms with Crippen molar-refractivity contribution in [2.75, 3.05) is 0 Å². The minimum Gasteiger partial charge on any atom is -0.508 e. The summed E-state index contributed by atoms with van der Waals surface area (Å²) in [6, 6.07) is 15.5. The Labute approximate surface area is 132 Å². The van der Waals surface area contributed by atoms with E-state index in [2.05, 4.69) is 5.10 Å². The van der Waals surface area contributed by atoms with Crippen LogP contribution in [0.4, 0.5) is 0 Å². The average Bonchev–Trinajstić information content (AvgIpc) is 2.99. The van der Waals surface area contributed by atoms with Crippen molar-refractivity contribution in [2.24, 2.45) is 0 Å². The van der Waals surface area contributed by atoms with E-state index in [0.29, 0.717) is 5.69 Å². The van der Waals surface area contributed by atoms with Gasteiger partial charge in [0.1, 0.15) is 12.4 Å². The maximum atomic E-state index is 11.6. The number of aromatic carboxylic acids is 1. The van der Waals surface area contributed by atoms with Crippen molar-refractivity contribution < 1.29 is 19.7 Å². The summed E-state index contributed by atoms with van der Waals surface area (Å²) in [4.78, 5) is 11.6. The van der Waals surface area contributed by atoms with Gasteiger partial charge >= 0.3 is 5.97 Å². The molecule has 0 saturated carbocycles. The summed E-state index contributed by atoms with van der Waals surface area (Å²) in [5, 5.41) is 22.9. The Bertz CT molecular complexity index is 810. The molecule has 1 aromatic heterocycles. The number of nitrogens with zero attached hydrogens (tertiary/aromatic N) is 2. The Morgan fingerprint density at radius 1 is 1.09 bits per heavy atom. The number of hydrogen-bond donors (Lipinski definition) is 2. The van der Waals surface area contributed by atoms with Crippen LogP contribution in [-0.2, 0) is 6.61 Å². The van der Waals surface area contributed by atoms with Crippen molar-refractivity contribution >= 4 is 5.97 Å². The third-order valence-corrected chi connectivity index (χ3v) is 3.27. The number of rotatable bonds is 5. The molecule has 6 nitrogen and oxygen atoms in total. The van der Waals surface area contributed by atoms with Crippen molar-refractivity contribution in [3.8, 4) is 17.2 Å². The molecule has 0 saturated heterocycles. The second-order valence-corrected chi connectivity index (χ2v) is 4.87. The standard InChI is InChI=1S/C17H14N2O4/c20-14-8-6-13(7-9-14)19-16(17(21)22)15(10-18-19)23-11-12-4-2-1-3-5-12/h1-10,20H,11H2,(H,21,22). The minimum atomic E-state index is -1.14. The highest BCUT2D eigenvalue weighted by Crippen LogP contribution is 2.23. The molecule has 1 heterocycles. The summed E-state index contributed by atoms with van der Waals surface area (Å²) in [5.41, 5.74) is 1.39. The highest BCUT2D eigenvalue weighted by atomic mass is 16.5. The van der Waals surface area contributed by atoms with E-state index in [9.17, 15) is 15.0 Å². The van der Waals surface area contributed by atoms with Crippen LogP contribution in [0, 0.1) is 0 Å². The summed E-state index contributed by atoms with van der Waals surface area (Å²) in [6.07, 6.45) is 1.37. The number of phenols is 1. The first-order valence-electron chi connectivity index (χ1n) is 6.92. The number of benzene rings is 2. The third kappa shape index (κ3) is 3.16. The minimum absolute atomic E-state index is 0.0633. The molecule has 3 rings (SSSR count). The summed E-state index contributed by atoms with van der Waals surface area (Å²) in [5.74, 6) is -0.855. The second-order valence-electron chi connectivity index (χ2n) is 4.87. The highest BCUT2D eigenvalue weighted by molar-refractivity contribution is 5.89. The van der Waals surface area contributed by atoms with E-state index in [0.717, 1.165) is 5.56 Å². The van der Waals surface area contributed by atoms with Crippen molar-refractivity contribution in [3.63, 3.8) is 0 Å². The molecule has 116 valence electrons. The maximum Gasteiger partial charge on any atom is 0.358 e. The Morgan fingerprint density at radius 3 is 2.43 bits per heavy atom. The number of hydrogen-bond acceptors (Lipinski definition) is 4. The number of ether oxygens (including phenoxy) is 1. The summed E-state index contributed by atoms with van der Waals surface area (Å²) < 4.78 is 6.86. The zero-order valence-corrected chi connectivity index (χ0v) is 12.1. The molecule has 2 aromatic carbocycles. The summed E-state index contributed by atoms with van der Waals surface area (Å²) in [6.45, 7) is 0.252. The van der Waals surface area contributed by atoms with Gasteiger partial charge in [-0.25, -0.2) is 9.48 Å². The first-order valence-corrected chi connectivity index (χ1v) is 6.92. The third-order valence-electron chi connectivity index (χ3n) is 3.27. The van der Waals surface area contributed by atoms with Crippen LogP contribution >= 0.6 is 0 Å². The smallest absolute Gasteiger partial charge is 0.358 e. The first kappa shape index (κ1) is 14.6. The Hall–Kier alpha value is -3.28. The van der Waals surface area contributed by atoms with Crippen molar-refractivity contribution in [3.05, 3.63) is 72.1 Å². The molecule has 2 N–H and O–H groups in total. The molecule has 0 amide bonds. The van der Waals surface area contributed by atoms with Gasteiger partial charge in [-0.3, -0.25) is 0 Å². The van der Waals surface area contributed by atoms with Crippen LogP contribution in [0.15, 0.2) is 60.8 Å². The lowest BCUT2D eigenvalue weighted by Gasteiger charge is -2.07. The second kappa shape index (κ2) is 6.23. The van der Waals surface area contributed by atoms with Gasteiger partial charge in [-0.1, -0.05) is 30.3 Å². The number of aromatic hydroxyl groups is 1. The molecule has 0 bridgehead atoms. The van der Waals surface area contributed by atoms with E-state index < -0.39 is 5.97 Å². The van der Waals surface area contributed by atoms with Crippen LogP contribution in [0.5, 0.6) is 11.5 Å². The predicted octanol–water partition coefficient (Wildman–Crippen LogP) is 2.86. The Kier molecular flexibility index (Phi) is 3.97. The van der Waals surface area contributed by atoms with Gasteiger partial charge < -0.3 is 14.9 Å². The monoisotopic (exact) mass is 310 g/mol. The SMILES string of the molecule is O=C(O)c1c(OCc2ccccc2)cnn1-c1ccc(O)cc1. The molecule has 0 atom stereocenters. The van der Waals surface area contributed by atoms with Crippen molar-refractivity contribution in [1.82, 2.24) is 9.78 Å². The van der Waals surface area contributed by atoms with E-state index in [1.165, 1.54) is 23.0 Å². The van der Waals surface area contributed by atoms with Crippen LogP contribution in [0.25, 0.3) is 5.69 Å². The van der Waals surface area contributed by atoms with Gasteiger partial charge in [-0.2, -0.15) is 5.10 Å². The topological polar surface area (TPSA) is 84.6 Å². The molecule has 0 spiro atoms. The molecule has 0 aliphatic heterocycles. The van der Waals surface area contributed by atoms with E-state index in [-0.39, 0.29) is 23.8 Å². The molecular formula is C17H14N2O4. The fourth-order valence-corrected chi connectivity index (χ4v) is 2.16. The summed E-state index contributed by atoms with van der Waals surface area (Å²) >= 11 is 0. The van der Waals surface area contributed by atoms with Gasteiger partial charge in [0.2, 0.25) is 0 Å². The average molecular weight is 310 g/mol. The van der Waals surface area contributed by atoms with Crippen molar-refractivity contribution in [1.29, 1.82) is 0 Å². The molecule has 23 heavy (non-hydrogen) atoms. The highest BCUT2D eigenvalue weighted by Gasteiger charge is 2.20. The zero-order valence-electron chi connectivity index (χ0n) is 12.1. The van der Waals surface area contributed by atoms with Crippen LogP contribution in [0.3, 0.4) is 0 Å². The van der Waals surface area contributed by atoms with Gasteiger partial charge in [0.15, 0.2) is 11.4 Å². The molecule has 6 heteroatoms. The summed E-state index contributed by atoms with van der Waals surface area (Å²) in [7, 11) is 0. The predicted molar refractivity (Wildman–Crippen MR) is 83.0 cm³/mol. The van der Waals surface area contributed by atoms with Gasteiger partial charge in [0, 0.05) is 0 Å². The Balaban J connectivity index is 1.89. The van der Waals surface area contributed by atoms with E-state index in [1.807, 2.05) is 30.3 Å². The largest absolute Gasteiger partial charge is 0.508 e. The number of phenolic OH excluding ortho intramolecular Hbond substituents is 1. The molecule has 0 aliphatic rings. The molecule has 0 radical (unpaired) electrons. The van der Waals surface area contributed by atoms with E-state index >= 15 is 0 Å². The fourth-order valence-electron chi connectivity index (χ4n) is 2.16. The van der Waals surface area contributed by atoms with Gasteiger partial charge in [-0.05, 0) is 29.8 Å². The maximum absolute atomic E-state index is 11.6. The molecule has 3 aromatic rings. The van der Waals surface area contributed by atoms with Crippen LogP contribution in [-0.4, -0.2) is 26.0 Å². The molecular weight excluding hydrogens is 296 g/mol. The van der Waals surface area contributed by atoms with E-state index in [1.54, 1.807) is 12.1 Å². The molecule has 0 aliphatic carbocycles. The number of aromatic nitrogens is 2. The fraction of sp³-hybridized carbons (Fsp3) is 0.0588. The normalized spacial score (nSPS) is 10.4. The van der Waals surface area contributed by atoms with Crippen LogP contribution in [0.2, 0.25) is 0 Å². The van der Waals surface area contributed by atoms with Crippen LogP contribution < -0.4 is 4.74 Å². The van der Waals surface area contributed by atoms with Gasteiger partial charge in [0.25, 0.3) is 0 Å². The Morgan fingerprint density at radius 2 is 1.78 bits per heavy atom. The lowest BCUT2D eigenvalue weighted by Crippen LogP contribution is -2.09. The molecule has 0 unspecified atom stereocenters. The van der Waals surface area contributed by atoms with Crippen LogP contribution in [0.1, 0.15) is 16.1 Å². The quantitative estimate of drug-likeness (QED) is 0.757. The van der Waals surface area contributed by atoms with Crippen molar-refractivity contribution in [2.45, 2.75) is 6.61 Å². The lowest BCUT2D eigenvalue weighted by atomic mass is 10.2. The zero-order chi connectivity index (χ0) is 16.2.